The maximum absolute atomic E-state index is 11.8. The summed E-state index contributed by atoms with van der Waals surface area (Å²) in [6, 6.07) is 0. The molecule has 0 aromatic rings. The Labute approximate surface area is 109 Å². The van der Waals surface area contributed by atoms with Crippen molar-refractivity contribution in [3.05, 3.63) is 0 Å². The Kier molecular flexibility index (Phi) is 4.39. The smallest absolute Gasteiger partial charge is 0.364 e. The van der Waals surface area contributed by atoms with E-state index in [2.05, 4.69) is 0 Å². The number of hydrogen-bond acceptors (Lipinski definition) is 7. The van der Waals surface area contributed by atoms with Crippen molar-refractivity contribution >= 4 is 31.9 Å². The third kappa shape index (κ3) is 2.70. The summed E-state index contributed by atoms with van der Waals surface area (Å²) in [7, 11) is -8.50. The van der Waals surface area contributed by atoms with Gasteiger partial charge in [-0.25, -0.2) is 8.42 Å². The van der Waals surface area contributed by atoms with E-state index in [0.29, 0.717) is 0 Å². The molecular formula is C7H13NO9S2. The van der Waals surface area contributed by atoms with Crippen LogP contribution in [0.15, 0.2) is 0 Å². The Morgan fingerprint density at radius 1 is 1.16 bits per heavy atom. The summed E-state index contributed by atoms with van der Waals surface area (Å²) in [5.41, 5.74) is 0. The number of rotatable bonds is 6. The minimum absolute atomic E-state index is 0.850. The molecule has 0 aliphatic rings. The van der Waals surface area contributed by atoms with E-state index in [-0.39, 0.29) is 0 Å². The first-order valence-corrected chi connectivity index (χ1v) is 7.64. The Hall–Kier alpha value is -1.24. The number of sulfone groups is 1. The Morgan fingerprint density at radius 2 is 1.53 bits per heavy atom. The molecule has 0 saturated carbocycles. The lowest BCUT2D eigenvalue weighted by Gasteiger charge is -2.42. The van der Waals surface area contributed by atoms with E-state index >= 15 is 0 Å². The molecule has 0 heterocycles. The van der Waals surface area contributed by atoms with Crippen molar-refractivity contribution in [2.45, 2.75) is 4.20 Å². The van der Waals surface area contributed by atoms with Crippen molar-refractivity contribution in [3.8, 4) is 0 Å². The predicted molar refractivity (Wildman–Crippen MR) is 58.7 cm³/mol. The van der Waals surface area contributed by atoms with Gasteiger partial charge in [0.1, 0.15) is 5.97 Å². The van der Waals surface area contributed by atoms with Crippen LogP contribution in [0.25, 0.3) is 0 Å². The maximum Gasteiger partial charge on any atom is 0.364 e. The van der Waals surface area contributed by atoms with Gasteiger partial charge in [0.25, 0.3) is 0 Å². The quantitative estimate of drug-likeness (QED) is 0.372. The van der Waals surface area contributed by atoms with Crippen LogP contribution in [0, 0.1) is 0 Å². The van der Waals surface area contributed by atoms with E-state index in [9.17, 15) is 31.5 Å². The molecule has 0 aromatic carbocycles. The Bertz CT molecular complexity index is 597. The van der Waals surface area contributed by atoms with Crippen LogP contribution >= 0.6 is 0 Å². The van der Waals surface area contributed by atoms with E-state index in [4.69, 9.17) is 9.66 Å². The molecule has 2 N–H and O–H groups in total. The first-order valence-electron chi connectivity index (χ1n) is 4.55. The first-order chi connectivity index (χ1) is 8.11. The van der Waals surface area contributed by atoms with Crippen molar-refractivity contribution in [1.29, 1.82) is 0 Å². The highest BCUT2D eigenvalue weighted by molar-refractivity contribution is 8.09. The van der Waals surface area contributed by atoms with Gasteiger partial charge < -0.3 is 15.0 Å². The molecule has 0 aromatic heterocycles. The molecule has 0 aliphatic heterocycles. The predicted octanol–water partition coefficient (Wildman–Crippen LogP) is -3.52. The topological polar surface area (TPSA) is 166 Å². The number of nitrogens with zero attached hydrogens (tertiary/aromatic N) is 1. The maximum atomic E-state index is 11.8. The largest absolute Gasteiger partial charge is 0.542 e. The van der Waals surface area contributed by atoms with Gasteiger partial charge in [0.2, 0.25) is 9.84 Å². The van der Waals surface area contributed by atoms with Crippen molar-refractivity contribution < 1.29 is 45.7 Å². The summed E-state index contributed by atoms with van der Waals surface area (Å²) >= 11 is 0. The van der Waals surface area contributed by atoms with Crippen LogP contribution < -0.4 is 5.11 Å². The number of carbonyl (C=O) groups excluding carboxylic acids is 1. The van der Waals surface area contributed by atoms with Crippen LogP contribution in [0.3, 0.4) is 0 Å². The second kappa shape index (κ2) is 4.70. The van der Waals surface area contributed by atoms with Crippen LogP contribution in [0.1, 0.15) is 0 Å². The van der Waals surface area contributed by atoms with Gasteiger partial charge in [-0.15, -0.1) is 0 Å². The van der Waals surface area contributed by atoms with Crippen LogP contribution in [0.5, 0.6) is 0 Å². The number of carbonyl (C=O) groups is 2. The summed E-state index contributed by atoms with van der Waals surface area (Å²) < 4.78 is 50.2. The molecule has 19 heavy (non-hydrogen) atoms. The first kappa shape index (κ1) is 17.8. The molecule has 10 nitrogen and oxygen atoms in total. The van der Waals surface area contributed by atoms with Crippen LogP contribution in [0.2, 0.25) is 0 Å². The van der Waals surface area contributed by atoms with Crippen LogP contribution in [-0.4, -0.2) is 74.0 Å². The van der Waals surface area contributed by atoms with Gasteiger partial charge >= 0.3 is 20.3 Å². The molecule has 0 amide bonds. The van der Waals surface area contributed by atoms with E-state index in [0.717, 1.165) is 21.1 Å². The monoisotopic (exact) mass is 319 g/mol. The second-order valence-corrected chi connectivity index (χ2v) is 8.42. The minimum atomic E-state index is -5.73. The lowest BCUT2D eigenvalue weighted by Crippen LogP contribution is -2.74. The zero-order chi connectivity index (χ0) is 15.9. The van der Waals surface area contributed by atoms with E-state index in [1.165, 1.54) is 0 Å². The lowest BCUT2D eigenvalue weighted by molar-refractivity contribution is -0.885. The van der Waals surface area contributed by atoms with Crippen molar-refractivity contribution in [2.24, 2.45) is 0 Å². The Balaban J connectivity index is 6.73. The molecule has 0 bridgehead atoms. The minimum Gasteiger partial charge on any atom is -0.542 e. The molecule has 0 radical (unpaired) electrons. The molecule has 0 spiro atoms. The molecule has 1 atom stereocenters. The average molecular weight is 319 g/mol. The zero-order valence-electron chi connectivity index (χ0n) is 10.2. The highest BCUT2D eigenvalue weighted by Crippen LogP contribution is 2.31. The summed E-state index contributed by atoms with van der Waals surface area (Å²) in [5.74, 6) is -6.40. The van der Waals surface area contributed by atoms with Crippen LogP contribution in [-0.2, 0) is 29.5 Å². The number of quaternary nitrogens is 1. The van der Waals surface area contributed by atoms with Gasteiger partial charge in [-0.3, -0.25) is 13.8 Å². The third-order valence-corrected chi connectivity index (χ3v) is 7.22. The van der Waals surface area contributed by atoms with Crippen LogP contribution in [0.4, 0.5) is 0 Å². The van der Waals surface area contributed by atoms with Crippen molar-refractivity contribution in [2.75, 3.05) is 26.9 Å². The lowest BCUT2D eigenvalue weighted by atomic mass is 10.5. The van der Waals surface area contributed by atoms with E-state index < -0.39 is 46.3 Å². The Morgan fingerprint density at radius 3 is 1.68 bits per heavy atom. The highest BCUT2D eigenvalue weighted by Gasteiger charge is 2.67. The van der Waals surface area contributed by atoms with Gasteiger partial charge in [0.15, 0.2) is 5.75 Å². The fraction of sp³-hybridized carbons (Fsp3) is 0.714. The fourth-order valence-corrected chi connectivity index (χ4v) is 5.66. The molecule has 12 heteroatoms. The summed E-state index contributed by atoms with van der Waals surface area (Å²) in [6.07, 6.45) is 0. The third-order valence-electron chi connectivity index (χ3n) is 2.23. The highest BCUT2D eigenvalue weighted by atomic mass is 32.3. The normalized spacial score (nSPS) is 16.6. The van der Waals surface area contributed by atoms with E-state index in [1.54, 1.807) is 0 Å². The van der Waals surface area contributed by atoms with Gasteiger partial charge in [-0.05, 0) is 0 Å². The van der Waals surface area contributed by atoms with E-state index in [1.807, 2.05) is 0 Å². The fourth-order valence-electron chi connectivity index (χ4n) is 1.69. The summed E-state index contributed by atoms with van der Waals surface area (Å²) in [6.45, 7) is 0. The standard InChI is InChI=1S/C7H13NO9S2/c1-8(2,3)7(6(11)12,19(15,16)17)18(13,14)4-5(9)10/h4H2,1-3H3,(H2-,9,10,11,12,15,16,17). The van der Waals surface area contributed by atoms with Crippen molar-refractivity contribution in [1.82, 2.24) is 0 Å². The molecule has 0 aliphatic carbocycles. The molecule has 1 unspecified atom stereocenters. The summed E-state index contributed by atoms with van der Waals surface area (Å²) in [4.78, 5) is 21.6. The number of carboxylic acids is 2. The molecule has 0 rings (SSSR count). The van der Waals surface area contributed by atoms with Gasteiger partial charge in [-0.1, -0.05) is 0 Å². The SMILES string of the molecule is C[N+](C)(C)C(C(=O)[O-])(S(=O)(=O)O)S(=O)(=O)CC(=O)O. The summed E-state index contributed by atoms with van der Waals surface area (Å²) in [5, 5.41) is 19.6. The number of aliphatic carboxylic acids is 2. The second-order valence-electron chi connectivity index (χ2n) is 4.51. The number of hydrogen-bond donors (Lipinski definition) is 2. The van der Waals surface area contributed by atoms with Gasteiger partial charge in [-0.2, -0.15) is 8.42 Å². The molecule has 0 fully saturated rings. The zero-order valence-corrected chi connectivity index (χ0v) is 11.9. The molecular weight excluding hydrogens is 306 g/mol. The number of likely N-dealkylation sites (N-methyl/N-ethyl adjacent to an activating group) is 1. The van der Waals surface area contributed by atoms with Gasteiger partial charge in [0.05, 0.1) is 21.1 Å². The number of carboxylic acid groups (broad SMARTS) is 2. The molecule has 0 saturated heterocycles. The van der Waals surface area contributed by atoms with Gasteiger partial charge in [0, 0.05) is 0 Å². The average Bonchev–Trinajstić information content (AvgIpc) is 1.91. The van der Waals surface area contributed by atoms with Crippen molar-refractivity contribution in [3.63, 3.8) is 0 Å². The molecule has 112 valence electrons.